The Morgan fingerprint density at radius 2 is 0.889 bits per heavy atom. The third-order valence-corrected chi connectivity index (χ3v) is 14.7. The molecule has 0 saturated carbocycles. The monoisotopic (exact) mass is 434 g/mol. The quantitative estimate of drug-likeness (QED) is 0.322. The highest BCUT2D eigenvalue weighted by molar-refractivity contribution is 6.91. The maximum absolute atomic E-state index is 5.98. The lowest BCUT2D eigenvalue weighted by Crippen LogP contribution is -2.45. The van der Waals surface area contributed by atoms with Crippen molar-refractivity contribution in [1.29, 1.82) is 0 Å². The minimum absolute atomic E-state index is 0.582. The average molecular weight is 435 g/mol. The highest BCUT2D eigenvalue weighted by Crippen LogP contribution is 2.23. The van der Waals surface area contributed by atoms with Crippen LogP contribution in [0.25, 0.3) is 0 Å². The zero-order valence-electron chi connectivity index (χ0n) is 18.8. The molecule has 0 saturated heterocycles. The van der Waals surface area contributed by atoms with Crippen LogP contribution >= 0.6 is 0 Å². The molecular weight excluding hydrogens is 392 g/mol. The molecule has 0 unspecified atom stereocenters. The fourth-order valence-corrected chi connectivity index (χ4v) is 12.4. The number of hydrogen-bond acceptors (Lipinski definition) is 5. The second-order valence-corrected chi connectivity index (χ2v) is 16.3. The van der Waals surface area contributed by atoms with Crippen molar-refractivity contribution < 1.29 is 22.1 Å². The van der Waals surface area contributed by atoms with Gasteiger partial charge in [-0.05, 0) is 46.9 Å². The zero-order valence-corrected chi connectivity index (χ0v) is 21.8. The van der Waals surface area contributed by atoms with E-state index in [1.54, 1.807) is 0 Å². The van der Waals surface area contributed by atoms with Gasteiger partial charge in [-0.3, -0.25) is 0 Å². The average Bonchev–Trinajstić information content (AvgIpc) is 2.64. The van der Waals surface area contributed by atoms with E-state index in [2.05, 4.69) is 43.2 Å². The highest BCUT2D eigenvalue weighted by Gasteiger charge is 2.39. The molecule has 0 fully saturated rings. The molecule has 0 aliphatic carbocycles. The number of rotatable bonds is 16. The van der Waals surface area contributed by atoms with Crippen LogP contribution in [0, 0.1) is 0 Å². The van der Waals surface area contributed by atoms with Gasteiger partial charge in [0, 0.05) is 33.0 Å². The van der Waals surface area contributed by atoms with E-state index in [4.69, 9.17) is 22.1 Å². The van der Waals surface area contributed by atoms with Gasteiger partial charge in [0.25, 0.3) is 0 Å². The molecule has 0 aliphatic heterocycles. The largest absolute Gasteiger partial charge is 0.528 e. The molecule has 8 heteroatoms. The SMILES string of the molecule is CCO[Si](C)(C=C[Si](C=C[Si](OCC)(OCC)OCC)(CC)CC)OCC. The molecule has 0 rings (SSSR count). The summed E-state index contributed by atoms with van der Waals surface area (Å²) in [5.41, 5.74) is 9.09. The minimum atomic E-state index is -2.77. The van der Waals surface area contributed by atoms with E-state index >= 15 is 0 Å². The van der Waals surface area contributed by atoms with Crippen molar-refractivity contribution in [3.05, 3.63) is 22.8 Å². The summed E-state index contributed by atoms with van der Waals surface area (Å²) >= 11 is 0. The third-order valence-electron chi connectivity index (χ3n) is 4.55. The van der Waals surface area contributed by atoms with Crippen LogP contribution in [0.2, 0.25) is 18.6 Å². The second kappa shape index (κ2) is 14.0. The second-order valence-electron chi connectivity index (χ2n) is 6.39. The Morgan fingerprint density at radius 1 is 0.519 bits per heavy atom. The maximum atomic E-state index is 5.98. The predicted molar refractivity (Wildman–Crippen MR) is 120 cm³/mol. The molecule has 27 heavy (non-hydrogen) atoms. The Labute approximate surface area is 170 Å². The topological polar surface area (TPSA) is 46.2 Å². The maximum Gasteiger partial charge on any atom is 0.528 e. The van der Waals surface area contributed by atoms with Gasteiger partial charge in [-0.15, -0.1) is 0 Å². The van der Waals surface area contributed by atoms with Crippen molar-refractivity contribution >= 4 is 25.4 Å². The van der Waals surface area contributed by atoms with Gasteiger partial charge in [-0.1, -0.05) is 43.0 Å². The molecular formula is C19H42O5Si3. The third kappa shape index (κ3) is 9.31. The first-order chi connectivity index (χ1) is 12.8. The summed E-state index contributed by atoms with van der Waals surface area (Å²) < 4.78 is 29.9. The Kier molecular flexibility index (Phi) is 14.0. The Hall–Kier alpha value is -0.0694. The highest BCUT2D eigenvalue weighted by atomic mass is 28.4. The summed E-state index contributed by atoms with van der Waals surface area (Å²) in [6.45, 7) is 19.7. The Morgan fingerprint density at radius 3 is 1.22 bits per heavy atom. The van der Waals surface area contributed by atoms with Crippen molar-refractivity contribution in [3.63, 3.8) is 0 Å². The predicted octanol–water partition coefficient (Wildman–Crippen LogP) is 4.94. The fraction of sp³-hybridized carbons (Fsp3) is 0.789. The molecule has 0 atom stereocenters. The van der Waals surface area contributed by atoms with Crippen LogP contribution in [0.15, 0.2) is 22.8 Å². The molecule has 160 valence electrons. The molecule has 5 nitrogen and oxygen atoms in total. The first-order valence-corrected chi connectivity index (χ1v) is 17.2. The first-order valence-electron chi connectivity index (χ1n) is 10.4. The smallest absolute Gasteiger partial charge is 0.392 e. The molecule has 0 N–H and O–H groups in total. The van der Waals surface area contributed by atoms with Crippen LogP contribution in [0.5, 0.6) is 0 Å². The molecule has 0 aliphatic rings. The van der Waals surface area contributed by atoms with Crippen molar-refractivity contribution in [2.45, 2.75) is 67.1 Å². The van der Waals surface area contributed by atoms with Crippen LogP contribution in [0.4, 0.5) is 0 Å². The lowest BCUT2D eigenvalue weighted by Gasteiger charge is -2.29. The molecule has 0 spiro atoms. The molecule has 0 radical (unpaired) electrons. The lowest BCUT2D eigenvalue weighted by molar-refractivity contribution is 0.0843. The number of hydrogen-bond donors (Lipinski definition) is 0. The zero-order chi connectivity index (χ0) is 20.8. The summed E-state index contributed by atoms with van der Waals surface area (Å²) in [4.78, 5) is 0. The van der Waals surface area contributed by atoms with E-state index < -0.39 is 25.4 Å². The van der Waals surface area contributed by atoms with E-state index in [-0.39, 0.29) is 0 Å². The molecule has 0 aromatic rings. The van der Waals surface area contributed by atoms with Gasteiger partial charge < -0.3 is 22.1 Å². The van der Waals surface area contributed by atoms with Crippen LogP contribution < -0.4 is 0 Å². The summed E-state index contributed by atoms with van der Waals surface area (Å²) in [7, 11) is -6.85. The Bertz CT molecular complexity index is 416. The minimum Gasteiger partial charge on any atom is -0.392 e. The van der Waals surface area contributed by atoms with Gasteiger partial charge in [0.1, 0.15) is 8.07 Å². The van der Waals surface area contributed by atoms with E-state index in [9.17, 15) is 0 Å². The van der Waals surface area contributed by atoms with Crippen LogP contribution in [-0.2, 0) is 22.1 Å². The van der Waals surface area contributed by atoms with Gasteiger partial charge >= 0.3 is 17.4 Å². The summed E-state index contributed by atoms with van der Waals surface area (Å²) in [5.74, 6) is 0. The van der Waals surface area contributed by atoms with Gasteiger partial charge in [-0.25, -0.2) is 0 Å². The summed E-state index contributed by atoms with van der Waals surface area (Å²) in [6.07, 6.45) is 0. The molecule has 0 heterocycles. The van der Waals surface area contributed by atoms with Crippen molar-refractivity contribution in [2.75, 3.05) is 33.0 Å². The van der Waals surface area contributed by atoms with E-state index in [0.717, 1.165) is 12.1 Å². The van der Waals surface area contributed by atoms with Crippen LogP contribution in [0.1, 0.15) is 48.5 Å². The Balaban J connectivity index is 5.75. The van der Waals surface area contributed by atoms with Gasteiger partial charge in [-0.2, -0.15) is 0 Å². The van der Waals surface area contributed by atoms with Crippen LogP contribution in [0.3, 0.4) is 0 Å². The molecule has 0 aromatic heterocycles. The van der Waals surface area contributed by atoms with Crippen molar-refractivity contribution in [3.8, 4) is 0 Å². The van der Waals surface area contributed by atoms with Crippen molar-refractivity contribution in [2.24, 2.45) is 0 Å². The van der Waals surface area contributed by atoms with E-state index in [1.165, 1.54) is 0 Å². The first kappa shape index (κ1) is 26.9. The summed E-state index contributed by atoms with van der Waals surface area (Å²) in [5, 5.41) is 0. The normalized spacial score (nSPS) is 13.9. The molecule has 0 aromatic carbocycles. The lowest BCUT2D eigenvalue weighted by atomic mass is 10.9. The van der Waals surface area contributed by atoms with Gasteiger partial charge in [0.15, 0.2) is 0 Å². The fourth-order valence-electron chi connectivity index (χ4n) is 2.95. The van der Waals surface area contributed by atoms with Crippen molar-refractivity contribution in [1.82, 2.24) is 0 Å². The standard InChI is InChI=1S/C19H42O5Si3/c1-9-20-25(8,21-10-2)16-17-26(14-6,15-7)18-19-27(22-11-3,23-12-4)24-13-5/h16-19H,9-15H2,1-8H3. The van der Waals surface area contributed by atoms with Crippen LogP contribution in [-0.4, -0.2) is 58.5 Å². The van der Waals surface area contributed by atoms with Gasteiger partial charge in [0.05, 0.1) is 0 Å². The molecule has 0 amide bonds. The van der Waals surface area contributed by atoms with E-state index in [0.29, 0.717) is 33.0 Å². The molecule has 0 bridgehead atoms. The van der Waals surface area contributed by atoms with Gasteiger partial charge in [0.2, 0.25) is 0 Å². The summed E-state index contributed by atoms with van der Waals surface area (Å²) in [6, 6.07) is 2.21. The van der Waals surface area contributed by atoms with E-state index in [1.807, 2.05) is 34.6 Å².